The van der Waals surface area contributed by atoms with E-state index in [1.54, 1.807) is 10.6 Å². The van der Waals surface area contributed by atoms with E-state index in [4.69, 9.17) is 4.42 Å². The molecule has 0 N–H and O–H groups in total. The van der Waals surface area contributed by atoms with Crippen LogP contribution < -0.4 is 5.76 Å². The molecule has 2 saturated heterocycles. The standard InChI is InChI=1S/C16H21N3O4S/c20-16-19(14-3-1-2-4-15(14)23-16)12-17-6-8-18(9-7-17)13-5-10-24(21,22)11-13/h1-4,13H,5-12H2. The van der Waals surface area contributed by atoms with Crippen molar-refractivity contribution in [1.82, 2.24) is 14.4 Å². The smallest absolute Gasteiger partial charge is 0.408 e. The summed E-state index contributed by atoms with van der Waals surface area (Å²) in [4.78, 5) is 16.5. The summed E-state index contributed by atoms with van der Waals surface area (Å²) in [5.74, 6) is 0.271. The van der Waals surface area contributed by atoms with Crippen LogP contribution in [0.4, 0.5) is 0 Å². The fourth-order valence-corrected chi connectivity index (χ4v) is 5.44. The molecule has 1 unspecified atom stereocenters. The molecule has 2 fully saturated rings. The fourth-order valence-electron chi connectivity index (χ4n) is 3.68. The highest BCUT2D eigenvalue weighted by atomic mass is 32.2. The number of nitrogens with zero attached hydrogens (tertiary/aromatic N) is 3. The predicted octanol–water partition coefficient (Wildman–Crippen LogP) is 0.357. The Morgan fingerprint density at radius 2 is 1.88 bits per heavy atom. The van der Waals surface area contributed by atoms with Gasteiger partial charge >= 0.3 is 5.76 Å². The zero-order valence-electron chi connectivity index (χ0n) is 13.4. The van der Waals surface area contributed by atoms with Crippen LogP contribution in [0.3, 0.4) is 0 Å². The molecule has 0 radical (unpaired) electrons. The molecule has 130 valence electrons. The highest BCUT2D eigenvalue weighted by Crippen LogP contribution is 2.20. The topological polar surface area (TPSA) is 75.8 Å². The first-order valence-electron chi connectivity index (χ1n) is 8.27. The van der Waals surface area contributed by atoms with Crippen molar-refractivity contribution in [3.8, 4) is 0 Å². The summed E-state index contributed by atoms with van der Waals surface area (Å²) in [6, 6.07) is 7.59. The predicted molar refractivity (Wildman–Crippen MR) is 90.7 cm³/mol. The monoisotopic (exact) mass is 351 g/mol. The second-order valence-corrected chi connectivity index (χ2v) is 8.84. The van der Waals surface area contributed by atoms with E-state index >= 15 is 0 Å². The molecule has 1 aromatic carbocycles. The number of rotatable bonds is 3. The lowest BCUT2D eigenvalue weighted by Crippen LogP contribution is -2.51. The van der Waals surface area contributed by atoms with Crippen LogP contribution in [0.25, 0.3) is 11.1 Å². The number of oxazole rings is 1. The molecule has 3 heterocycles. The number of sulfone groups is 1. The van der Waals surface area contributed by atoms with Crippen molar-refractivity contribution < 1.29 is 12.8 Å². The Hall–Kier alpha value is -1.64. The maximum atomic E-state index is 12.0. The van der Waals surface area contributed by atoms with Crippen molar-refractivity contribution in [3.05, 3.63) is 34.8 Å². The molecule has 0 saturated carbocycles. The normalized spacial score (nSPS) is 25.4. The van der Waals surface area contributed by atoms with E-state index in [2.05, 4.69) is 9.80 Å². The Morgan fingerprint density at radius 3 is 2.58 bits per heavy atom. The van der Waals surface area contributed by atoms with Crippen LogP contribution in [0.1, 0.15) is 6.42 Å². The van der Waals surface area contributed by atoms with Gasteiger partial charge in [0, 0.05) is 32.2 Å². The molecule has 7 nitrogen and oxygen atoms in total. The second kappa shape index (κ2) is 6.02. The quantitative estimate of drug-likeness (QED) is 0.795. The summed E-state index contributed by atoms with van der Waals surface area (Å²) in [6.45, 7) is 3.83. The van der Waals surface area contributed by atoms with Crippen LogP contribution in [0.15, 0.2) is 33.5 Å². The summed E-state index contributed by atoms with van der Waals surface area (Å²) in [5.41, 5.74) is 1.42. The van der Waals surface area contributed by atoms with Crippen molar-refractivity contribution in [1.29, 1.82) is 0 Å². The Kier molecular flexibility index (Phi) is 3.98. The zero-order chi connectivity index (χ0) is 16.7. The molecule has 0 amide bonds. The zero-order valence-corrected chi connectivity index (χ0v) is 14.2. The van der Waals surface area contributed by atoms with Gasteiger partial charge in [-0.2, -0.15) is 0 Å². The van der Waals surface area contributed by atoms with Crippen LogP contribution in [0.5, 0.6) is 0 Å². The molecule has 0 aliphatic carbocycles. The van der Waals surface area contributed by atoms with Gasteiger partial charge < -0.3 is 4.42 Å². The molecule has 0 bridgehead atoms. The second-order valence-electron chi connectivity index (χ2n) is 6.62. The summed E-state index contributed by atoms with van der Waals surface area (Å²) >= 11 is 0. The summed E-state index contributed by atoms with van der Waals surface area (Å²) in [7, 11) is -2.84. The first-order valence-corrected chi connectivity index (χ1v) is 10.1. The molecule has 4 rings (SSSR count). The minimum absolute atomic E-state index is 0.162. The lowest BCUT2D eigenvalue weighted by Gasteiger charge is -2.37. The van der Waals surface area contributed by atoms with Gasteiger partial charge in [0.15, 0.2) is 15.4 Å². The molecule has 8 heteroatoms. The van der Waals surface area contributed by atoms with Gasteiger partial charge in [0.25, 0.3) is 0 Å². The van der Waals surface area contributed by atoms with Gasteiger partial charge in [-0.15, -0.1) is 0 Å². The summed E-state index contributed by atoms with van der Waals surface area (Å²) < 4.78 is 30.2. The molecule has 0 spiro atoms. The number of hydrogen-bond donors (Lipinski definition) is 0. The van der Waals surface area contributed by atoms with Crippen LogP contribution in [0, 0.1) is 0 Å². The van der Waals surface area contributed by atoms with E-state index in [1.165, 1.54) is 0 Å². The highest BCUT2D eigenvalue weighted by Gasteiger charge is 2.33. The molecule has 2 aliphatic rings. The summed E-state index contributed by atoms with van der Waals surface area (Å²) in [5, 5.41) is 0. The van der Waals surface area contributed by atoms with Gasteiger partial charge in [0.05, 0.1) is 23.7 Å². The van der Waals surface area contributed by atoms with Crippen molar-refractivity contribution >= 4 is 20.9 Å². The Balaban J connectivity index is 1.41. The number of aromatic nitrogens is 1. The number of hydrogen-bond acceptors (Lipinski definition) is 6. The maximum Gasteiger partial charge on any atom is 0.421 e. The fraction of sp³-hybridized carbons (Fsp3) is 0.562. The van der Waals surface area contributed by atoms with Crippen LogP contribution in [0.2, 0.25) is 0 Å². The molecule has 2 aromatic rings. The minimum atomic E-state index is -2.84. The molecule has 2 aliphatic heterocycles. The lowest BCUT2D eigenvalue weighted by molar-refractivity contribution is 0.0839. The Labute approximate surface area is 140 Å². The Bertz CT molecular complexity index is 893. The van der Waals surface area contributed by atoms with Gasteiger partial charge in [-0.3, -0.25) is 14.4 Å². The van der Waals surface area contributed by atoms with Crippen molar-refractivity contribution in [2.75, 3.05) is 37.7 Å². The van der Waals surface area contributed by atoms with Gasteiger partial charge in [-0.25, -0.2) is 13.2 Å². The average Bonchev–Trinajstić information content (AvgIpc) is 3.08. The lowest BCUT2D eigenvalue weighted by atomic mass is 10.2. The van der Waals surface area contributed by atoms with Crippen LogP contribution >= 0.6 is 0 Å². The van der Waals surface area contributed by atoms with E-state index in [-0.39, 0.29) is 11.8 Å². The first kappa shape index (κ1) is 15.9. The molecule has 1 atom stereocenters. The number of piperazine rings is 1. The van der Waals surface area contributed by atoms with Crippen molar-refractivity contribution in [2.24, 2.45) is 0 Å². The third-order valence-corrected chi connectivity index (χ3v) is 6.80. The van der Waals surface area contributed by atoms with E-state index < -0.39 is 9.84 Å². The van der Waals surface area contributed by atoms with E-state index in [1.807, 2.05) is 18.2 Å². The van der Waals surface area contributed by atoms with Gasteiger partial charge in [0.2, 0.25) is 0 Å². The average molecular weight is 351 g/mol. The Morgan fingerprint density at radius 1 is 1.12 bits per heavy atom. The van der Waals surface area contributed by atoms with Crippen LogP contribution in [-0.2, 0) is 16.5 Å². The van der Waals surface area contributed by atoms with E-state index in [0.29, 0.717) is 23.8 Å². The van der Waals surface area contributed by atoms with Crippen molar-refractivity contribution in [2.45, 2.75) is 19.1 Å². The third kappa shape index (κ3) is 3.01. The maximum absolute atomic E-state index is 12.0. The SMILES string of the molecule is O=c1oc2ccccc2n1CN1CCN(C2CCS(=O)(=O)C2)CC1. The largest absolute Gasteiger partial charge is 0.421 e. The first-order chi connectivity index (χ1) is 11.5. The third-order valence-electron chi connectivity index (χ3n) is 5.05. The van der Waals surface area contributed by atoms with Gasteiger partial charge in [-0.1, -0.05) is 12.1 Å². The van der Waals surface area contributed by atoms with Crippen molar-refractivity contribution in [3.63, 3.8) is 0 Å². The summed E-state index contributed by atoms with van der Waals surface area (Å²) in [6.07, 6.45) is 0.744. The van der Waals surface area contributed by atoms with Gasteiger partial charge in [0.1, 0.15) is 0 Å². The molecule has 1 aromatic heterocycles. The van der Waals surface area contributed by atoms with E-state index in [9.17, 15) is 13.2 Å². The number of benzene rings is 1. The highest BCUT2D eigenvalue weighted by molar-refractivity contribution is 7.91. The minimum Gasteiger partial charge on any atom is -0.408 e. The van der Waals surface area contributed by atoms with E-state index in [0.717, 1.165) is 38.1 Å². The molecular formula is C16H21N3O4S. The van der Waals surface area contributed by atoms with Gasteiger partial charge in [-0.05, 0) is 18.6 Å². The molecule has 24 heavy (non-hydrogen) atoms. The van der Waals surface area contributed by atoms with Crippen LogP contribution in [-0.4, -0.2) is 66.5 Å². The molecular weight excluding hydrogens is 330 g/mol. The number of fused-ring (bicyclic) bond motifs is 1. The number of para-hydroxylation sites is 2.